The van der Waals surface area contributed by atoms with Crippen LogP contribution in [0.2, 0.25) is 0 Å². The predicted octanol–water partition coefficient (Wildman–Crippen LogP) is 23.4. The van der Waals surface area contributed by atoms with Crippen LogP contribution in [0.1, 0.15) is 232 Å². The highest BCUT2D eigenvalue weighted by atomic mass is 32.1. The number of thiophene rings is 4. The Kier molecular flexibility index (Phi) is 20.4. The van der Waals surface area contributed by atoms with Gasteiger partial charge in [0.2, 0.25) is 0 Å². The van der Waals surface area contributed by atoms with Crippen molar-refractivity contribution in [3.63, 3.8) is 0 Å². The van der Waals surface area contributed by atoms with Crippen molar-refractivity contribution >= 4 is 68.1 Å². The Morgan fingerprint density at radius 1 is 0.400 bits per heavy atom. The van der Waals surface area contributed by atoms with Gasteiger partial charge in [0.1, 0.15) is 33.7 Å². The highest BCUT2D eigenvalue weighted by molar-refractivity contribution is 7.25. The number of hydrogen-bond acceptors (Lipinski definition) is 9. The monoisotopic (exact) mass is 1110 g/mol. The van der Waals surface area contributed by atoms with E-state index in [9.17, 15) is 0 Å². The van der Waals surface area contributed by atoms with Crippen molar-refractivity contribution in [2.75, 3.05) is 0 Å². The van der Waals surface area contributed by atoms with Gasteiger partial charge in [0, 0.05) is 41.8 Å². The Labute approximate surface area is 476 Å². The first-order valence-electron chi connectivity index (χ1n) is 30.0. The van der Waals surface area contributed by atoms with E-state index >= 15 is 0 Å². The molecule has 0 spiro atoms. The molecule has 6 aromatic rings. The van der Waals surface area contributed by atoms with Crippen molar-refractivity contribution in [3.05, 3.63) is 57.3 Å². The minimum absolute atomic E-state index is 0.357. The summed E-state index contributed by atoms with van der Waals surface area (Å²) in [6, 6.07) is 14.5. The molecule has 2 aliphatic rings. The first kappa shape index (κ1) is 58.6. The fourth-order valence-corrected chi connectivity index (χ4v) is 17.6. The number of aryl methyl sites for hydroxylation is 2. The van der Waals surface area contributed by atoms with Crippen molar-refractivity contribution in [3.8, 4) is 51.9 Å². The van der Waals surface area contributed by atoms with Crippen molar-refractivity contribution < 1.29 is 9.47 Å². The Balaban J connectivity index is 1.16. The second-order valence-corrected chi connectivity index (χ2v) is 31.1. The summed E-state index contributed by atoms with van der Waals surface area (Å²) in [6.07, 6.45) is 24.5. The van der Waals surface area contributed by atoms with Gasteiger partial charge in [-0.15, -0.1) is 45.3 Å². The highest BCUT2D eigenvalue weighted by Gasteiger charge is 2.45. The van der Waals surface area contributed by atoms with E-state index in [0.29, 0.717) is 23.7 Å². The van der Waals surface area contributed by atoms with Crippen LogP contribution in [0.25, 0.3) is 51.4 Å². The van der Waals surface area contributed by atoms with Gasteiger partial charge < -0.3 is 9.47 Å². The predicted molar refractivity (Wildman–Crippen MR) is 333 cm³/mol. The van der Waals surface area contributed by atoms with Gasteiger partial charge in [-0.3, -0.25) is 0 Å². The van der Waals surface area contributed by atoms with E-state index in [4.69, 9.17) is 18.2 Å². The van der Waals surface area contributed by atoms with Gasteiger partial charge in [-0.05, 0) is 137 Å². The molecule has 8 rings (SSSR count). The van der Waals surface area contributed by atoms with Gasteiger partial charge in [-0.2, -0.15) is 8.75 Å². The number of aromatic nitrogens is 2. The van der Waals surface area contributed by atoms with E-state index in [1.165, 1.54) is 176 Å². The molecule has 0 fully saturated rings. The van der Waals surface area contributed by atoms with Crippen LogP contribution in [0.3, 0.4) is 0 Å². The summed E-state index contributed by atoms with van der Waals surface area (Å²) in [7, 11) is 0. The van der Waals surface area contributed by atoms with Crippen LogP contribution in [-0.2, 0) is 11.2 Å². The smallest absolute Gasteiger partial charge is 0.140 e. The molecule has 9 heteroatoms. The molecule has 5 aromatic heterocycles. The van der Waals surface area contributed by atoms with Crippen molar-refractivity contribution in [2.45, 2.75) is 237 Å². The second-order valence-electron chi connectivity index (χ2n) is 26.0. The normalized spacial score (nSPS) is 18.9. The molecule has 4 nitrogen and oxygen atoms in total. The summed E-state index contributed by atoms with van der Waals surface area (Å²) in [5, 5.41) is 0. The summed E-state index contributed by atoms with van der Waals surface area (Å²) in [5.41, 5.74) is 6.55. The fourth-order valence-electron chi connectivity index (χ4n) is 12.3. The summed E-state index contributed by atoms with van der Waals surface area (Å²) < 4.78 is 25.4. The minimum atomic E-state index is -0.357. The zero-order chi connectivity index (χ0) is 53.6. The van der Waals surface area contributed by atoms with Crippen LogP contribution < -0.4 is 9.47 Å². The average Bonchev–Trinajstić information content (AvgIpc) is 4.21. The number of hydrogen-bond donors (Lipinski definition) is 0. The molecule has 4 atom stereocenters. The summed E-state index contributed by atoms with van der Waals surface area (Å²) in [4.78, 5) is 10.7. The largest absolute Gasteiger partial charge is 0.481 e. The highest BCUT2D eigenvalue weighted by Crippen LogP contribution is 2.60. The third-order valence-corrected chi connectivity index (χ3v) is 22.4. The fraction of sp³-hybridized carbons (Fsp3) is 0.667. The molecule has 2 aliphatic heterocycles. The van der Waals surface area contributed by atoms with Crippen molar-refractivity contribution in [2.24, 2.45) is 47.3 Å². The van der Waals surface area contributed by atoms with Crippen LogP contribution in [0, 0.1) is 61.2 Å². The lowest BCUT2D eigenvalue weighted by atomic mass is 9.78. The van der Waals surface area contributed by atoms with Crippen molar-refractivity contribution in [1.29, 1.82) is 0 Å². The van der Waals surface area contributed by atoms with E-state index in [2.05, 4.69) is 133 Å². The molecule has 7 heterocycles. The molecule has 0 saturated carbocycles. The van der Waals surface area contributed by atoms with Crippen LogP contribution in [0.15, 0.2) is 36.4 Å². The molecule has 1 aromatic carbocycles. The zero-order valence-corrected chi connectivity index (χ0v) is 53.1. The SMILES string of the molecule is Cc1cc2c(s1)-c1sc(-c3ccc(-c4cc5c(s4)-c4sc(C)cc4OC5(CCC(C)CCCC(C)C)CCC(C)CCCC(C)C)c4nsnc34)cc1C(CCC(C)CCCC(C)C)(CCC(C)CCCC(C)C)O2. The second kappa shape index (κ2) is 26.1. The van der Waals surface area contributed by atoms with Crippen molar-refractivity contribution in [1.82, 2.24) is 8.75 Å². The molecule has 4 unspecified atom stereocenters. The Hall–Kier alpha value is -2.56. The maximum atomic E-state index is 7.53. The van der Waals surface area contributed by atoms with Gasteiger partial charge in [0.15, 0.2) is 0 Å². The van der Waals surface area contributed by atoms with Crippen LogP contribution in [0.5, 0.6) is 11.5 Å². The Morgan fingerprint density at radius 3 is 1.03 bits per heavy atom. The molecule has 0 aliphatic carbocycles. The van der Waals surface area contributed by atoms with Gasteiger partial charge in [0.05, 0.1) is 31.2 Å². The van der Waals surface area contributed by atoms with E-state index in [-0.39, 0.29) is 11.2 Å². The van der Waals surface area contributed by atoms with E-state index < -0.39 is 0 Å². The first-order chi connectivity index (χ1) is 35.8. The van der Waals surface area contributed by atoms with E-state index in [1.54, 1.807) is 0 Å². The maximum Gasteiger partial charge on any atom is 0.140 e. The summed E-state index contributed by atoms with van der Waals surface area (Å²) in [5.74, 6) is 7.87. The number of rotatable bonds is 30. The molecular weight excluding hydrogens is 1010 g/mol. The topological polar surface area (TPSA) is 44.2 Å². The van der Waals surface area contributed by atoms with Gasteiger partial charge >= 0.3 is 0 Å². The van der Waals surface area contributed by atoms with Gasteiger partial charge in [-0.1, -0.05) is 172 Å². The summed E-state index contributed by atoms with van der Waals surface area (Å²) >= 11 is 9.11. The maximum absolute atomic E-state index is 7.53. The quantitative estimate of drug-likeness (QED) is 0.0451. The number of benzene rings is 1. The van der Waals surface area contributed by atoms with Crippen LogP contribution in [0.4, 0.5) is 0 Å². The minimum Gasteiger partial charge on any atom is -0.481 e. The zero-order valence-electron chi connectivity index (χ0n) is 49.0. The van der Waals surface area contributed by atoms with Crippen LogP contribution >= 0.6 is 57.1 Å². The first-order valence-corrected chi connectivity index (χ1v) is 34.0. The molecule has 0 bridgehead atoms. The third-order valence-electron chi connectivity index (χ3n) is 17.1. The molecule has 0 saturated heterocycles. The molecular formula is C66H96N2O2S5. The number of fused-ring (bicyclic) bond motifs is 7. The van der Waals surface area contributed by atoms with Crippen LogP contribution in [-0.4, -0.2) is 8.75 Å². The molecule has 0 N–H and O–H groups in total. The van der Waals surface area contributed by atoms with Gasteiger partial charge in [-0.25, -0.2) is 0 Å². The molecule has 0 radical (unpaired) electrons. The standard InChI is InChI=1S/C66H96N2O2S5/c1-41(2)19-15-23-45(9)29-33-65(34-30-46(10)24-16-20-42(3)4)53-39-57(73-61(53)63-55(69-65)37-49(13)71-63)51-27-28-52(60-59(51)67-75-68-60)58-40-54-62(74-58)64-56(38-50(14)72-64)70-66(54,35-31-47(11)25-17-21-43(5)6)36-32-48(12)26-18-22-44(7)8/h27-28,37-48H,15-26,29-36H2,1-14H3. The lowest BCUT2D eigenvalue weighted by Gasteiger charge is -2.39. The molecule has 0 amide bonds. The lowest BCUT2D eigenvalue weighted by molar-refractivity contribution is 0.0322. The Bertz CT molecular complexity index is 2510. The van der Waals surface area contributed by atoms with Gasteiger partial charge in [0.25, 0.3) is 0 Å². The van der Waals surface area contributed by atoms with E-state index in [1.807, 2.05) is 45.3 Å². The summed E-state index contributed by atoms with van der Waals surface area (Å²) in [6.45, 7) is 33.4. The third kappa shape index (κ3) is 14.4. The lowest BCUT2D eigenvalue weighted by Crippen LogP contribution is -2.36. The molecule has 75 heavy (non-hydrogen) atoms. The number of nitrogens with zero attached hydrogens (tertiary/aromatic N) is 2. The molecule has 412 valence electrons. The Morgan fingerprint density at radius 2 is 0.720 bits per heavy atom. The number of ether oxygens (including phenoxy) is 2. The van der Waals surface area contributed by atoms with E-state index in [0.717, 1.165) is 71.9 Å². The average molecular weight is 1110 g/mol.